The molecule has 1 aromatic heterocycles. The van der Waals surface area contributed by atoms with Gasteiger partial charge in [0.05, 0.1) is 17.1 Å². The molecule has 2 aromatic rings. The van der Waals surface area contributed by atoms with E-state index in [2.05, 4.69) is 20.8 Å². The van der Waals surface area contributed by atoms with Crippen LogP contribution in [0, 0.1) is 0 Å². The molecule has 0 spiro atoms. The number of aromatic amines is 1. The van der Waals surface area contributed by atoms with Crippen LogP contribution in [-0.2, 0) is 4.79 Å². The zero-order valence-electron chi connectivity index (χ0n) is 11.8. The predicted molar refractivity (Wildman–Crippen MR) is 82.0 cm³/mol. The number of fused-ring (bicyclic) bond motifs is 1. The van der Waals surface area contributed by atoms with Crippen molar-refractivity contribution in [1.82, 2.24) is 10.2 Å². The molecule has 22 heavy (non-hydrogen) atoms. The van der Waals surface area contributed by atoms with Gasteiger partial charge in [-0.25, -0.2) is 4.79 Å². The van der Waals surface area contributed by atoms with Gasteiger partial charge in [-0.1, -0.05) is 12.1 Å². The maximum atomic E-state index is 12.5. The van der Waals surface area contributed by atoms with Gasteiger partial charge in [-0.3, -0.25) is 20.1 Å². The minimum atomic E-state index is -0.353. The number of anilines is 3. The second-order valence-corrected chi connectivity index (χ2v) is 5.56. The molecule has 1 fully saturated rings. The number of H-pyrrole nitrogens is 1. The summed E-state index contributed by atoms with van der Waals surface area (Å²) in [4.78, 5) is 25.6. The molecule has 0 saturated heterocycles. The van der Waals surface area contributed by atoms with Gasteiger partial charge in [-0.15, -0.1) is 0 Å². The third kappa shape index (κ3) is 2.30. The van der Waals surface area contributed by atoms with Gasteiger partial charge in [0.1, 0.15) is 12.4 Å². The molecule has 0 radical (unpaired) electrons. The normalized spacial score (nSPS) is 16.9. The number of rotatable bonds is 2. The molecule has 1 aliphatic carbocycles. The molecule has 0 unspecified atom stereocenters. The van der Waals surface area contributed by atoms with Crippen LogP contribution in [0.1, 0.15) is 24.5 Å². The molecule has 3 N–H and O–H groups in total. The molecular weight excluding hydrogens is 282 g/mol. The van der Waals surface area contributed by atoms with E-state index < -0.39 is 0 Å². The van der Waals surface area contributed by atoms with Crippen LogP contribution in [-0.4, -0.2) is 28.7 Å². The van der Waals surface area contributed by atoms with Crippen molar-refractivity contribution in [2.45, 2.75) is 18.8 Å². The van der Waals surface area contributed by atoms with Crippen LogP contribution in [0.25, 0.3) is 0 Å². The Morgan fingerprint density at radius 1 is 1.32 bits per heavy atom. The molecule has 2 heterocycles. The molecule has 0 bridgehead atoms. The van der Waals surface area contributed by atoms with Gasteiger partial charge >= 0.3 is 6.03 Å². The van der Waals surface area contributed by atoms with E-state index in [1.54, 1.807) is 12.1 Å². The average molecular weight is 297 g/mol. The number of hydrogen-bond acceptors (Lipinski definition) is 3. The Hall–Kier alpha value is -2.83. The first kappa shape index (κ1) is 12.9. The Bertz CT molecular complexity index is 750. The molecule has 3 amide bonds. The topological polar surface area (TPSA) is 90.1 Å². The largest absolute Gasteiger partial charge is 0.328 e. The van der Waals surface area contributed by atoms with Crippen molar-refractivity contribution in [3.8, 4) is 0 Å². The van der Waals surface area contributed by atoms with Crippen molar-refractivity contribution in [2.75, 3.05) is 22.1 Å². The van der Waals surface area contributed by atoms with Gasteiger partial charge in [0, 0.05) is 12.0 Å². The van der Waals surface area contributed by atoms with Crippen molar-refractivity contribution in [2.24, 2.45) is 0 Å². The van der Waals surface area contributed by atoms with Crippen LogP contribution in [0.3, 0.4) is 0 Å². The van der Waals surface area contributed by atoms with Crippen LogP contribution in [0.15, 0.2) is 30.3 Å². The Morgan fingerprint density at radius 3 is 2.95 bits per heavy atom. The van der Waals surface area contributed by atoms with Crippen molar-refractivity contribution in [3.63, 3.8) is 0 Å². The maximum Gasteiger partial charge on any atom is 0.328 e. The van der Waals surface area contributed by atoms with E-state index in [-0.39, 0.29) is 18.5 Å². The van der Waals surface area contributed by atoms with Crippen LogP contribution in [0.4, 0.5) is 22.0 Å². The van der Waals surface area contributed by atoms with Crippen molar-refractivity contribution >= 4 is 29.1 Å². The van der Waals surface area contributed by atoms with Crippen LogP contribution in [0.2, 0.25) is 0 Å². The first-order valence-corrected chi connectivity index (χ1v) is 7.23. The lowest BCUT2D eigenvalue weighted by atomic mass is 10.2. The first-order chi connectivity index (χ1) is 10.7. The Kier molecular flexibility index (Phi) is 2.85. The highest BCUT2D eigenvalue weighted by Gasteiger charge is 2.28. The number of amides is 3. The molecule has 2 aliphatic rings. The minimum absolute atomic E-state index is 0.00747. The zero-order chi connectivity index (χ0) is 15.1. The summed E-state index contributed by atoms with van der Waals surface area (Å²) in [5.41, 5.74) is 2.30. The van der Waals surface area contributed by atoms with Gasteiger partial charge in [0.25, 0.3) is 0 Å². The lowest BCUT2D eigenvalue weighted by molar-refractivity contribution is -0.115. The minimum Gasteiger partial charge on any atom is -0.323 e. The number of aromatic nitrogens is 2. The fourth-order valence-corrected chi connectivity index (χ4v) is 2.59. The SMILES string of the molecule is O=C1CN(C(=O)Nc2cc(C3CC3)n[nH]2)c2ccccc2N1. The molecule has 1 saturated carbocycles. The number of nitrogens with zero attached hydrogens (tertiary/aromatic N) is 2. The molecule has 112 valence electrons. The summed E-state index contributed by atoms with van der Waals surface area (Å²) in [7, 11) is 0. The van der Waals surface area contributed by atoms with E-state index in [4.69, 9.17) is 0 Å². The summed E-state index contributed by atoms with van der Waals surface area (Å²) >= 11 is 0. The number of hydrogen-bond donors (Lipinski definition) is 3. The quantitative estimate of drug-likeness (QED) is 0.794. The summed E-state index contributed by atoms with van der Waals surface area (Å²) < 4.78 is 0. The summed E-state index contributed by atoms with van der Waals surface area (Å²) in [6.45, 7) is -0.00747. The summed E-state index contributed by atoms with van der Waals surface area (Å²) in [6, 6.07) is 8.72. The van der Waals surface area contributed by atoms with Gasteiger partial charge < -0.3 is 5.32 Å². The highest BCUT2D eigenvalue weighted by molar-refractivity contribution is 6.12. The van der Waals surface area contributed by atoms with Gasteiger partial charge in [-0.2, -0.15) is 5.10 Å². The smallest absolute Gasteiger partial charge is 0.323 e. The van der Waals surface area contributed by atoms with Crippen LogP contribution < -0.4 is 15.5 Å². The van der Waals surface area contributed by atoms with E-state index in [1.165, 1.54) is 4.90 Å². The van der Waals surface area contributed by atoms with Gasteiger partial charge in [-0.05, 0) is 25.0 Å². The second kappa shape index (κ2) is 4.87. The highest BCUT2D eigenvalue weighted by Crippen LogP contribution is 2.39. The van der Waals surface area contributed by atoms with Gasteiger partial charge in [0.15, 0.2) is 0 Å². The van der Waals surface area contributed by atoms with Gasteiger partial charge in [0.2, 0.25) is 5.91 Å². The fourth-order valence-electron chi connectivity index (χ4n) is 2.59. The summed E-state index contributed by atoms with van der Waals surface area (Å²) in [5.74, 6) is 0.857. The lowest BCUT2D eigenvalue weighted by Crippen LogP contribution is -2.44. The molecule has 0 atom stereocenters. The molecule has 1 aromatic carbocycles. The highest BCUT2D eigenvalue weighted by atomic mass is 16.2. The predicted octanol–water partition coefficient (Wildman–Crippen LogP) is 2.28. The number of para-hydroxylation sites is 2. The Morgan fingerprint density at radius 2 is 2.14 bits per heavy atom. The average Bonchev–Trinajstić information content (AvgIpc) is 3.26. The zero-order valence-corrected chi connectivity index (χ0v) is 11.8. The van der Waals surface area contributed by atoms with E-state index >= 15 is 0 Å². The van der Waals surface area contributed by atoms with E-state index in [0.717, 1.165) is 18.5 Å². The lowest BCUT2D eigenvalue weighted by Gasteiger charge is -2.28. The third-order valence-electron chi connectivity index (χ3n) is 3.85. The monoisotopic (exact) mass is 297 g/mol. The van der Waals surface area contributed by atoms with Crippen LogP contribution in [0.5, 0.6) is 0 Å². The number of carbonyl (C=O) groups excluding carboxylic acids is 2. The summed E-state index contributed by atoms with van der Waals surface area (Å²) in [5, 5.41) is 12.5. The number of benzene rings is 1. The summed E-state index contributed by atoms with van der Waals surface area (Å²) in [6.07, 6.45) is 2.30. The van der Waals surface area contributed by atoms with E-state index in [0.29, 0.717) is 23.1 Å². The fraction of sp³-hybridized carbons (Fsp3) is 0.267. The van der Waals surface area contributed by atoms with E-state index in [1.807, 2.05) is 18.2 Å². The standard InChI is InChI=1S/C15H15N5O2/c21-14-8-20(12-4-2-1-3-10(12)16-14)15(22)17-13-7-11(18-19-13)9-5-6-9/h1-4,7,9H,5-6,8H2,(H,16,21)(H2,17,18,19,22). The number of nitrogens with one attached hydrogen (secondary N) is 3. The molecule has 7 heteroatoms. The van der Waals surface area contributed by atoms with Crippen molar-refractivity contribution in [3.05, 3.63) is 36.0 Å². The number of urea groups is 1. The maximum absolute atomic E-state index is 12.5. The van der Waals surface area contributed by atoms with Crippen molar-refractivity contribution < 1.29 is 9.59 Å². The molecule has 4 rings (SSSR count). The molecule has 1 aliphatic heterocycles. The number of carbonyl (C=O) groups is 2. The molecule has 7 nitrogen and oxygen atoms in total. The Balaban J connectivity index is 1.55. The first-order valence-electron chi connectivity index (χ1n) is 7.23. The molecular formula is C15H15N5O2. The van der Waals surface area contributed by atoms with E-state index in [9.17, 15) is 9.59 Å². The van der Waals surface area contributed by atoms with Crippen molar-refractivity contribution in [1.29, 1.82) is 0 Å². The Labute approximate surface area is 126 Å². The second-order valence-electron chi connectivity index (χ2n) is 5.56. The third-order valence-corrected chi connectivity index (χ3v) is 3.85. The van der Waals surface area contributed by atoms with Crippen LogP contribution >= 0.6 is 0 Å².